The second-order valence-electron chi connectivity index (χ2n) is 12.9. The summed E-state index contributed by atoms with van der Waals surface area (Å²) in [5.41, 5.74) is 9.14. The van der Waals surface area contributed by atoms with Crippen molar-refractivity contribution >= 4 is 43.1 Å². The fraction of sp³-hybridized carbons (Fsp3) is 0. The van der Waals surface area contributed by atoms with E-state index in [1.165, 1.54) is 49.4 Å². The molecule has 0 aliphatic heterocycles. The first-order valence-corrected chi connectivity index (χ1v) is 17.3. The van der Waals surface area contributed by atoms with Gasteiger partial charge < -0.3 is 4.42 Å². The number of aromatic nitrogens is 2. The van der Waals surface area contributed by atoms with E-state index in [9.17, 15) is 0 Å². The normalized spacial score (nSPS) is 11.5. The van der Waals surface area contributed by atoms with E-state index in [2.05, 4.69) is 162 Å². The van der Waals surface area contributed by atoms with E-state index in [-0.39, 0.29) is 0 Å². The van der Waals surface area contributed by atoms with Gasteiger partial charge in [-0.3, -0.25) is 0 Å². The van der Waals surface area contributed by atoms with Crippen LogP contribution in [0.3, 0.4) is 0 Å². The van der Waals surface area contributed by atoms with Crippen molar-refractivity contribution in [1.29, 1.82) is 0 Å². The van der Waals surface area contributed by atoms with Crippen LogP contribution in [0.2, 0.25) is 0 Å². The summed E-state index contributed by atoms with van der Waals surface area (Å²) in [6, 6.07) is 64.5. The standard InChI is InChI=1S/C48H30N2O/c1-3-15-31(16-4-1)43-35-19-7-9-21-37(35)44(38-22-10-8-20-36(38)43)32-27-29-33(30-28-32)45-39-23-11-13-25-41(39)46(42-26-14-12-24-40(42)45)48-50-49-47(51-48)34-17-5-2-6-18-34/h1-30H. The molecule has 3 heteroatoms. The lowest BCUT2D eigenvalue weighted by atomic mass is 9.85. The number of hydrogen-bond donors (Lipinski definition) is 0. The summed E-state index contributed by atoms with van der Waals surface area (Å²) in [4.78, 5) is 0. The maximum atomic E-state index is 6.37. The van der Waals surface area contributed by atoms with E-state index in [1.807, 2.05) is 30.3 Å². The summed E-state index contributed by atoms with van der Waals surface area (Å²) < 4.78 is 6.37. The van der Waals surface area contributed by atoms with Crippen LogP contribution < -0.4 is 0 Å². The molecule has 0 radical (unpaired) electrons. The molecule has 51 heavy (non-hydrogen) atoms. The molecule has 9 aromatic carbocycles. The Morgan fingerprint density at radius 3 is 0.882 bits per heavy atom. The average Bonchev–Trinajstić information content (AvgIpc) is 3.70. The number of hydrogen-bond acceptors (Lipinski definition) is 3. The monoisotopic (exact) mass is 650 g/mol. The van der Waals surface area contributed by atoms with E-state index >= 15 is 0 Å². The lowest BCUT2D eigenvalue weighted by Gasteiger charge is -2.18. The second-order valence-corrected chi connectivity index (χ2v) is 12.9. The summed E-state index contributed by atoms with van der Waals surface area (Å²) in [5.74, 6) is 1.02. The van der Waals surface area contributed by atoms with Gasteiger partial charge in [0.15, 0.2) is 0 Å². The van der Waals surface area contributed by atoms with Gasteiger partial charge in [0.05, 0.1) is 5.56 Å². The Balaban J connectivity index is 1.17. The zero-order valence-electron chi connectivity index (χ0n) is 27.6. The highest BCUT2D eigenvalue weighted by atomic mass is 16.4. The van der Waals surface area contributed by atoms with Crippen molar-refractivity contribution in [2.24, 2.45) is 0 Å². The Hall–Kier alpha value is -6.84. The van der Waals surface area contributed by atoms with Gasteiger partial charge in [0.2, 0.25) is 11.8 Å². The molecule has 3 nitrogen and oxygen atoms in total. The highest BCUT2D eigenvalue weighted by Crippen LogP contribution is 2.46. The van der Waals surface area contributed by atoms with Crippen LogP contribution in [0.15, 0.2) is 186 Å². The molecule has 0 saturated heterocycles. The zero-order chi connectivity index (χ0) is 33.7. The van der Waals surface area contributed by atoms with E-state index < -0.39 is 0 Å². The Morgan fingerprint density at radius 1 is 0.235 bits per heavy atom. The van der Waals surface area contributed by atoms with Crippen LogP contribution >= 0.6 is 0 Å². The maximum Gasteiger partial charge on any atom is 0.249 e. The van der Waals surface area contributed by atoms with Crippen molar-refractivity contribution in [3.63, 3.8) is 0 Å². The predicted octanol–water partition coefficient (Wildman–Crippen LogP) is 13.0. The van der Waals surface area contributed by atoms with Crippen molar-refractivity contribution in [2.45, 2.75) is 0 Å². The molecule has 0 bridgehead atoms. The molecule has 238 valence electrons. The molecule has 10 aromatic rings. The summed E-state index contributed by atoms with van der Waals surface area (Å²) in [7, 11) is 0. The van der Waals surface area contributed by atoms with Gasteiger partial charge in [-0.15, -0.1) is 10.2 Å². The first kappa shape index (κ1) is 29.1. The molecule has 0 spiro atoms. The molecule has 0 saturated carbocycles. The first-order chi connectivity index (χ1) is 25.3. The van der Waals surface area contributed by atoms with Crippen LogP contribution in [-0.2, 0) is 0 Å². The Morgan fingerprint density at radius 2 is 0.510 bits per heavy atom. The largest absolute Gasteiger partial charge is 0.416 e. The number of fused-ring (bicyclic) bond motifs is 4. The molecule has 1 aromatic heterocycles. The topological polar surface area (TPSA) is 38.9 Å². The van der Waals surface area contributed by atoms with Gasteiger partial charge in [-0.25, -0.2) is 0 Å². The highest BCUT2D eigenvalue weighted by Gasteiger charge is 2.21. The summed E-state index contributed by atoms with van der Waals surface area (Å²) >= 11 is 0. The summed E-state index contributed by atoms with van der Waals surface area (Å²) in [5, 5.41) is 18.5. The van der Waals surface area contributed by atoms with Gasteiger partial charge in [-0.05, 0) is 88.6 Å². The first-order valence-electron chi connectivity index (χ1n) is 17.3. The van der Waals surface area contributed by atoms with Crippen molar-refractivity contribution in [1.82, 2.24) is 10.2 Å². The van der Waals surface area contributed by atoms with Crippen LogP contribution in [0.4, 0.5) is 0 Å². The van der Waals surface area contributed by atoms with Gasteiger partial charge in [0.25, 0.3) is 0 Å². The van der Waals surface area contributed by atoms with E-state index in [1.54, 1.807) is 0 Å². The van der Waals surface area contributed by atoms with Gasteiger partial charge >= 0.3 is 0 Å². The predicted molar refractivity (Wildman–Crippen MR) is 212 cm³/mol. The van der Waals surface area contributed by atoms with Gasteiger partial charge in [-0.2, -0.15) is 0 Å². The van der Waals surface area contributed by atoms with Crippen LogP contribution in [-0.4, -0.2) is 10.2 Å². The lowest BCUT2D eigenvalue weighted by Crippen LogP contribution is -1.92. The Labute approximate surface area is 295 Å². The molecule has 1 heterocycles. The smallest absolute Gasteiger partial charge is 0.249 e. The van der Waals surface area contributed by atoms with Crippen molar-refractivity contribution in [3.05, 3.63) is 182 Å². The minimum atomic E-state index is 0.510. The van der Waals surface area contributed by atoms with Crippen LogP contribution in [0.25, 0.3) is 99.4 Å². The third-order valence-corrected chi connectivity index (χ3v) is 10.0. The molecule has 0 N–H and O–H groups in total. The minimum Gasteiger partial charge on any atom is -0.416 e. The lowest BCUT2D eigenvalue weighted by molar-refractivity contribution is 0.586. The van der Waals surface area contributed by atoms with Crippen molar-refractivity contribution in [2.75, 3.05) is 0 Å². The third kappa shape index (κ3) is 4.74. The van der Waals surface area contributed by atoms with Crippen LogP contribution in [0.1, 0.15) is 0 Å². The van der Waals surface area contributed by atoms with Crippen molar-refractivity contribution in [3.8, 4) is 56.3 Å². The van der Waals surface area contributed by atoms with E-state index in [0.29, 0.717) is 11.8 Å². The number of rotatable bonds is 5. The highest BCUT2D eigenvalue weighted by molar-refractivity contribution is 6.22. The molecule has 0 atom stereocenters. The molecule has 0 aliphatic carbocycles. The average molecular weight is 651 g/mol. The SMILES string of the molecule is c1ccc(-c2nnc(-c3c4ccccc4c(-c4ccc(-c5c6ccccc6c(-c6ccccc6)c6ccccc56)cc4)c4ccccc34)o2)cc1. The van der Waals surface area contributed by atoms with E-state index in [0.717, 1.165) is 38.2 Å². The summed E-state index contributed by atoms with van der Waals surface area (Å²) in [6.45, 7) is 0. The molecule has 0 unspecified atom stereocenters. The zero-order valence-corrected chi connectivity index (χ0v) is 27.6. The van der Waals surface area contributed by atoms with Gasteiger partial charge in [0, 0.05) is 5.56 Å². The fourth-order valence-electron chi connectivity index (χ4n) is 7.85. The molecule has 10 rings (SSSR count). The second kappa shape index (κ2) is 11.9. The quantitative estimate of drug-likeness (QED) is 0.174. The fourth-order valence-corrected chi connectivity index (χ4v) is 7.85. The van der Waals surface area contributed by atoms with Crippen LogP contribution in [0.5, 0.6) is 0 Å². The Bertz CT molecular complexity index is 2780. The molecule has 0 aliphatic rings. The third-order valence-electron chi connectivity index (χ3n) is 10.0. The van der Waals surface area contributed by atoms with Crippen LogP contribution in [0, 0.1) is 0 Å². The molecule has 0 fully saturated rings. The Kier molecular flexibility index (Phi) is 6.81. The molecular weight excluding hydrogens is 621 g/mol. The van der Waals surface area contributed by atoms with Gasteiger partial charge in [0.1, 0.15) is 0 Å². The number of nitrogens with zero attached hydrogens (tertiary/aromatic N) is 2. The molecule has 0 amide bonds. The summed E-state index contributed by atoms with van der Waals surface area (Å²) in [6.07, 6.45) is 0. The molecular formula is C48H30N2O. The maximum absolute atomic E-state index is 6.37. The number of benzene rings is 9. The van der Waals surface area contributed by atoms with E-state index in [4.69, 9.17) is 4.42 Å². The van der Waals surface area contributed by atoms with Crippen molar-refractivity contribution < 1.29 is 4.42 Å². The minimum absolute atomic E-state index is 0.510. The van der Waals surface area contributed by atoms with Gasteiger partial charge in [-0.1, -0.05) is 170 Å².